The molecule has 468 valence electrons. The highest BCUT2D eigenvalue weighted by molar-refractivity contribution is 7.91. The van der Waals surface area contributed by atoms with E-state index >= 15 is 0 Å². The molecule has 0 unspecified atom stereocenters. The second-order valence-corrected chi connectivity index (χ2v) is 21.2. The van der Waals surface area contributed by atoms with E-state index in [1.54, 1.807) is 60.7 Å². The molecule has 0 heterocycles. The first-order valence-corrected chi connectivity index (χ1v) is 30.5. The number of sulfone groups is 1. The summed E-state index contributed by atoms with van der Waals surface area (Å²) in [6.45, 7) is 12.7. The number of amides is 3. The molecule has 0 aliphatic rings. The van der Waals surface area contributed by atoms with Crippen molar-refractivity contribution in [3.63, 3.8) is 0 Å². The van der Waals surface area contributed by atoms with Crippen LogP contribution in [-0.2, 0) is 43.4 Å². The molecule has 0 saturated heterocycles. The van der Waals surface area contributed by atoms with Gasteiger partial charge in [0, 0.05) is 66.6 Å². The Kier molecular flexibility index (Phi) is 40.7. The summed E-state index contributed by atoms with van der Waals surface area (Å²) in [4.78, 5) is 75.1. The highest BCUT2D eigenvalue weighted by atomic mass is 32.2. The number of anilines is 2. The smallest absolute Gasteiger partial charge is 0.328 e. The van der Waals surface area contributed by atoms with E-state index in [0.717, 1.165) is 74.8 Å². The number of benzene rings is 4. The second-order valence-electron chi connectivity index (χ2n) is 19.2. The average molecular weight is 1210 g/mol. The zero-order chi connectivity index (χ0) is 63.8. The molecule has 0 atom stereocenters. The third-order valence-corrected chi connectivity index (χ3v) is 13.6. The molecule has 0 saturated carbocycles. The number of unbranched alkanes of at least 4 members (excludes halogenated alkanes) is 15. The van der Waals surface area contributed by atoms with Gasteiger partial charge in [-0.2, -0.15) is 0 Å². The Hall–Kier alpha value is -8.82. The number of carboxylic acid groups (broad SMARTS) is 4. The molecule has 0 fully saturated rings. The lowest BCUT2D eigenvalue weighted by Crippen LogP contribution is -2.50. The zero-order valence-corrected chi connectivity index (χ0v) is 50.6. The second kappa shape index (κ2) is 46.5. The largest absolute Gasteiger partial charge is 0.545 e. The van der Waals surface area contributed by atoms with Gasteiger partial charge in [0.1, 0.15) is 23.0 Å². The summed E-state index contributed by atoms with van der Waals surface area (Å²) in [5.74, 6) is -4.32. The van der Waals surface area contributed by atoms with Crippen LogP contribution < -0.4 is 41.6 Å². The molecule has 0 bridgehead atoms. The molecule has 4 rings (SSSR count). The first-order valence-electron chi connectivity index (χ1n) is 29.0. The minimum atomic E-state index is -3.83. The lowest BCUT2D eigenvalue weighted by Gasteiger charge is -2.10. The van der Waals surface area contributed by atoms with Crippen molar-refractivity contribution in [1.82, 2.24) is 10.6 Å². The van der Waals surface area contributed by atoms with Crippen molar-refractivity contribution in [1.29, 1.82) is 0 Å². The molecule has 4 aromatic carbocycles. The van der Waals surface area contributed by atoms with Crippen molar-refractivity contribution in [3.8, 4) is 23.0 Å². The van der Waals surface area contributed by atoms with Crippen LogP contribution in [0.2, 0.25) is 0 Å². The van der Waals surface area contributed by atoms with Crippen LogP contribution in [0.15, 0.2) is 168 Å². The van der Waals surface area contributed by atoms with E-state index in [9.17, 15) is 47.1 Å². The third kappa shape index (κ3) is 38.9. The third-order valence-electron chi connectivity index (χ3n) is 11.8. The summed E-state index contributed by atoms with van der Waals surface area (Å²) < 4.78 is 37.9. The quantitative estimate of drug-likeness (QED) is 0.0118. The molecule has 0 spiro atoms. The molecule has 4 aromatic rings. The average Bonchev–Trinajstić information content (AvgIpc) is 2.35. The van der Waals surface area contributed by atoms with Gasteiger partial charge in [0.15, 0.2) is 0 Å². The van der Waals surface area contributed by atoms with Gasteiger partial charge in [0.25, 0.3) is 0 Å². The van der Waals surface area contributed by atoms with Crippen LogP contribution in [0.3, 0.4) is 0 Å². The van der Waals surface area contributed by atoms with Crippen LogP contribution in [-0.4, -0.2) is 85.0 Å². The molecule has 0 aromatic heterocycles. The van der Waals surface area contributed by atoms with Gasteiger partial charge in [-0.1, -0.05) is 117 Å². The van der Waals surface area contributed by atoms with Gasteiger partial charge < -0.3 is 61.7 Å². The predicted molar refractivity (Wildman–Crippen MR) is 331 cm³/mol. The topological polar surface area (TPSA) is 332 Å². The summed E-state index contributed by atoms with van der Waals surface area (Å²) >= 11 is 0. The van der Waals surface area contributed by atoms with Crippen molar-refractivity contribution in [3.05, 3.63) is 158 Å². The van der Waals surface area contributed by atoms with Crippen LogP contribution in [0, 0.1) is 0 Å². The maximum Gasteiger partial charge on any atom is 0.328 e. The normalized spacial score (nSPS) is 10.8. The van der Waals surface area contributed by atoms with Crippen LogP contribution in [0.5, 0.6) is 23.0 Å². The number of nitrogens with one attached hydrogen (secondary N) is 4. The number of carbonyl (C=O) groups excluding carboxylic acids is 4. The standard InChI is InChI=1S/C33H26N2O9S.2C12H21NO3.C8H19N/c1-22(2-20-32(37)38)34-23-3-7-25(8-4-23)43-27-11-15-29(16-12-27)45(41,42)30-17-13-28(14-18-30)44-26-9-5-24(6-10-26)35-31(36)19-21-33(39)40;2*1-2-3-4-5-6-7-10-13-11(14)8-9-12(15)16;1-2-3-4-5-6-7-8-9/h2-21,34H,1H2,(H,35,36)(H,37,38)(H,39,40);2*8-9H,2-7,10H2,1H3,(H,13,14)(H,15,16);2-9H2,1H3/b20-2-,21-19-;2*9-8-;. The van der Waals surface area contributed by atoms with E-state index in [-0.39, 0.29) is 21.6 Å². The van der Waals surface area contributed by atoms with Crippen LogP contribution in [0.4, 0.5) is 11.4 Å². The molecular weight excluding hydrogens is 1120 g/mol. The summed E-state index contributed by atoms with van der Waals surface area (Å²) in [6.07, 6.45) is 29.9. The van der Waals surface area contributed by atoms with Gasteiger partial charge in [-0.3, -0.25) is 14.4 Å². The molecular formula is C65H87N5O15S. The number of carbonyl (C=O) groups is 7. The van der Waals surface area contributed by atoms with Gasteiger partial charge in [0.2, 0.25) is 27.6 Å². The lowest BCUT2D eigenvalue weighted by molar-refractivity contribution is -0.368. The Morgan fingerprint density at radius 3 is 1.12 bits per heavy atom. The Labute approximate surface area is 506 Å². The molecule has 21 heteroatoms. The van der Waals surface area contributed by atoms with Gasteiger partial charge in [-0.05, 0) is 135 Å². The number of rotatable bonds is 37. The summed E-state index contributed by atoms with van der Waals surface area (Å²) in [5.41, 5.74) is 5.31. The van der Waals surface area contributed by atoms with Gasteiger partial charge in [-0.15, -0.1) is 0 Å². The maximum absolute atomic E-state index is 13.2. The zero-order valence-electron chi connectivity index (χ0n) is 49.8. The van der Waals surface area contributed by atoms with E-state index in [0.29, 0.717) is 53.2 Å². The number of aliphatic carboxylic acids is 4. The number of ether oxygens (including phenoxy) is 2. The van der Waals surface area contributed by atoms with Crippen LogP contribution in [0.1, 0.15) is 136 Å². The van der Waals surface area contributed by atoms with Crippen molar-refractivity contribution in [2.24, 2.45) is 0 Å². The SMILES string of the molecule is C=C(/C=C\C(=O)O)Nc1ccc(Oc2ccc(S(=O)(=O)c3ccc(Oc4ccc(NC(=O)/C=C\C(=O)O)cc4)cc3)cc2)cc1.CCCCCCCCNC(=O)/C=C\C(=O)O.CCCCCCCCNC(=O)/C=C\C(=O)[O-].CCCCCCCC[NH3+]. The van der Waals surface area contributed by atoms with Crippen molar-refractivity contribution in [2.75, 3.05) is 30.3 Å². The first-order chi connectivity index (χ1) is 41.2. The molecule has 0 aliphatic heterocycles. The van der Waals surface area contributed by atoms with Crippen molar-refractivity contribution in [2.45, 2.75) is 146 Å². The molecule has 20 nitrogen and oxygen atoms in total. The minimum Gasteiger partial charge on any atom is -0.545 e. The molecule has 3 amide bonds. The first kappa shape index (κ1) is 75.2. The fraction of sp³-hybridized carbons (Fsp3) is 0.369. The lowest BCUT2D eigenvalue weighted by atomic mass is 10.1. The van der Waals surface area contributed by atoms with Crippen LogP contribution >= 0.6 is 0 Å². The maximum atomic E-state index is 13.2. The van der Waals surface area contributed by atoms with E-state index in [1.807, 2.05) is 0 Å². The van der Waals surface area contributed by atoms with Gasteiger partial charge >= 0.3 is 17.9 Å². The van der Waals surface area contributed by atoms with Crippen molar-refractivity contribution < 1.29 is 77.6 Å². The predicted octanol–water partition coefficient (Wildman–Crippen LogP) is 10.7. The number of carboxylic acids is 4. The van der Waals surface area contributed by atoms with E-state index in [1.165, 1.54) is 132 Å². The fourth-order valence-corrected chi connectivity index (χ4v) is 8.58. The van der Waals surface area contributed by atoms with E-state index < -0.39 is 39.6 Å². The number of quaternary nitrogens is 1. The van der Waals surface area contributed by atoms with Gasteiger partial charge in [0.05, 0.1) is 22.3 Å². The highest BCUT2D eigenvalue weighted by Crippen LogP contribution is 2.29. The molecule has 86 heavy (non-hydrogen) atoms. The number of hydrogen-bond donors (Lipinski definition) is 8. The van der Waals surface area contributed by atoms with E-state index in [4.69, 9.17) is 24.8 Å². The molecule has 10 N–H and O–H groups in total. The Bertz CT molecular complexity index is 2700. The summed E-state index contributed by atoms with van der Waals surface area (Å²) in [7, 11) is -3.83. The minimum absolute atomic E-state index is 0.0684. The van der Waals surface area contributed by atoms with E-state index in [2.05, 4.69) is 54.4 Å². The fourth-order valence-electron chi connectivity index (χ4n) is 7.32. The summed E-state index contributed by atoms with van der Waals surface area (Å²) in [5, 5.41) is 46.3. The Balaban J connectivity index is 0.000000732. The summed E-state index contributed by atoms with van der Waals surface area (Å²) in [6, 6.07) is 25.1. The van der Waals surface area contributed by atoms with Crippen molar-refractivity contribution >= 4 is 62.8 Å². The highest BCUT2D eigenvalue weighted by Gasteiger charge is 2.18. The molecule has 0 radical (unpaired) electrons. The number of hydrogen-bond acceptors (Lipinski definition) is 13. The monoisotopic (exact) mass is 1210 g/mol. The Morgan fingerprint density at radius 1 is 0.442 bits per heavy atom. The Morgan fingerprint density at radius 2 is 0.756 bits per heavy atom. The molecule has 0 aliphatic carbocycles. The van der Waals surface area contributed by atoms with Gasteiger partial charge in [-0.25, -0.2) is 22.8 Å². The number of allylic oxidation sites excluding steroid dienone is 1. The van der Waals surface area contributed by atoms with Crippen LogP contribution in [0.25, 0.3) is 0 Å².